The molecule has 1 N–H and O–H groups in total. The number of allylic oxidation sites excluding steroid dienone is 3. The van der Waals surface area contributed by atoms with E-state index in [0.717, 1.165) is 43.5 Å². The molecule has 1 saturated heterocycles. The van der Waals surface area contributed by atoms with E-state index in [4.69, 9.17) is 4.74 Å². The Morgan fingerprint density at radius 3 is 2.46 bits per heavy atom. The van der Waals surface area contributed by atoms with Crippen LogP contribution in [0.5, 0.6) is 0 Å². The van der Waals surface area contributed by atoms with Gasteiger partial charge in [0.1, 0.15) is 5.76 Å². The smallest absolute Gasteiger partial charge is 0.254 e. The summed E-state index contributed by atoms with van der Waals surface area (Å²) in [4.78, 5) is 31.2. The number of carbonyl (C=O) groups is 2. The van der Waals surface area contributed by atoms with Crippen LogP contribution in [0.4, 0.5) is 0 Å². The van der Waals surface area contributed by atoms with Crippen molar-refractivity contribution in [2.24, 2.45) is 5.92 Å². The molecule has 2 heterocycles. The van der Waals surface area contributed by atoms with Crippen molar-refractivity contribution in [1.29, 1.82) is 0 Å². The third kappa shape index (κ3) is 5.25. The molecule has 1 unspecified atom stereocenters. The summed E-state index contributed by atoms with van der Waals surface area (Å²) in [5, 5.41) is 10.2. The van der Waals surface area contributed by atoms with Crippen molar-refractivity contribution >= 4 is 11.8 Å². The fourth-order valence-corrected chi connectivity index (χ4v) is 5.46. The molecule has 4 rings (SSSR count). The minimum Gasteiger partial charge on any atom is -0.508 e. The van der Waals surface area contributed by atoms with E-state index in [1.807, 2.05) is 30.0 Å². The zero-order valence-corrected chi connectivity index (χ0v) is 21.8. The standard InChI is InChI=1S/C28H39N3O4/c1-19-15-21(16-25(35-5)26(19)33)9-10-28(3,4)31-17-22-7-6-8-23(24(22)18-31)27(34)30-13-11-29(12-14-30)20(2)32/h6-8,16,19,33H,9-15,17-18H2,1-5H3. The van der Waals surface area contributed by atoms with Crippen LogP contribution in [-0.4, -0.2) is 70.4 Å². The van der Waals surface area contributed by atoms with Gasteiger partial charge in [-0.1, -0.05) is 24.6 Å². The lowest BCUT2D eigenvalue weighted by molar-refractivity contribution is -0.130. The molecule has 7 nitrogen and oxygen atoms in total. The highest BCUT2D eigenvalue weighted by Crippen LogP contribution is 2.37. The van der Waals surface area contributed by atoms with Gasteiger partial charge < -0.3 is 19.6 Å². The van der Waals surface area contributed by atoms with Gasteiger partial charge >= 0.3 is 0 Å². The van der Waals surface area contributed by atoms with Crippen LogP contribution in [0, 0.1) is 5.92 Å². The molecule has 2 amide bonds. The number of benzene rings is 1. The second kappa shape index (κ2) is 10.1. The predicted molar refractivity (Wildman–Crippen MR) is 136 cm³/mol. The maximum absolute atomic E-state index is 13.4. The Hall–Kier alpha value is -2.80. The fourth-order valence-electron chi connectivity index (χ4n) is 5.46. The Kier molecular flexibility index (Phi) is 7.27. The monoisotopic (exact) mass is 481 g/mol. The van der Waals surface area contributed by atoms with E-state index in [1.165, 1.54) is 11.1 Å². The normalized spacial score (nSPS) is 21.2. The third-order valence-electron chi connectivity index (χ3n) is 7.98. The molecule has 0 bridgehead atoms. The molecule has 0 spiro atoms. The number of methoxy groups -OCH3 is 1. The van der Waals surface area contributed by atoms with Crippen LogP contribution < -0.4 is 0 Å². The number of ether oxygens (including phenoxy) is 1. The first-order valence-electron chi connectivity index (χ1n) is 12.7. The van der Waals surface area contributed by atoms with E-state index in [-0.39, 0.29) is 23.3 Å². The summed E-state index contributed by atoms with van der Waals surface area (Å²) in [5.41, 5.74) is 4.42. The number of amides is 2. The minimum atomic E-state index is -0.0486. The predicted octanol–water partition coefficient (Wildman–Crippen LogP) is 4.25. The van der Waals surface area contributed by atoms with Crippen molar-refractivity contribution in [3.05, 3.63) is 58.1 Å². The third-order valence-corrected chi connectivity index (χ3v) is 7.98. The van der Waals surface area contributed by atoms with Crippen LogP contribution in [0.25, 0.3) is 0 Å². The number of aliphatic hydroxyl groups is 1. The number of rotatable bonds is 6. The van der Waals surface area contributed by atoms with Gasteiger partial charge in [-0.25, -0.2) is 0 Å². The van der Waals surface area contributed by atoms with Crippen molar-refractivity contribution in [1.82, 2.24) is 14.7 Å². The summed E-state index contributed by atoms with van der Waals surface area (Å²) in [7, 11) is 1.60. The summed E-state index contributed by atoms with van der Waals surface area (Å²) in [5.74, 6) is 1.14. The summed E-state index contributed by atoms with van der Waals surface area (Å²) in [6, 6.07) is 6.09. The molecule has 0 saturated carbocycles. The second-order valence-electron chi connectivity index (χ2n) is 10.8. The highest BCUT2D eigenvalue weighted by atomic mass is 16.5. The summed E-state index contributed by atoms with van der Waals surface area (Å²) in [6.45, 7) is 12.1. The maximum atomic E-state index is 13.4. The van der Waals surface area contributed by atoms with Crippen LogP contribution in [0.2, 0.25) is 0 Å². The molecule has 3 aliphatic rings. The molecule has 190 valence electrons. The highest BCUT2D eigenvalue weighted by Gasteiger charge is 2.35. The van der Waals surface area contributed by atoms with Gasteiger partial charge in [-0.3, -0.25) is 14.5 Å². The van der Waals surface area contributed by atoms with Crippen LogP contribution in [0.1, 0.15) is 68.4 Å². The lowest BCUT2D eigenvalue weighted by atomic mass is 9.86. The number of aliphatic hydroxyl groups excluding tert-OH is 1. The first-order chi connectivity index (χ1) is 16.6. The van der Waals surface area contributed by atoms with Gasteiger partial charge in [-0.2, -0.15) is 0 Å². The molecular weight excluding hydrogens is 442 g/mol. The number of piperazine rings is 1. The van der Waals surface area contributed by atoms with E-state index in [1.54, 1.807) is 18.9 Å². The number of hydrogen-bond acceptors (Lipinski definition) is 5. The van der Waals surface area contributed by atoms with Gasteiger partial charge in [0.15, 0.2) is 5.76 Å². The Morgan fingerprint density at radius 2 is 1.80 bits per heavy atom. The summed E-state index contributed by atoms with van der Waals surface area (Å²) < 4.78 is 5.37. The summed E-state index contributed by atoms with van der Waals surface area (Å²) >= 11 is 0. The lowest BCUT2D eigenvalue weighted by Gasteiger charge is -2.36. The molecule has 1 aromatic carbocycles. The van der Waals surface area contributed by atoms with Gasteiger partial charge in [0.2, 0.25) is 5.91 Å². The largest absolute Gasteiger partial charge is 0.508 e. The molecule has 1 aliphatic carbocycles. The Balaban J connectivity index is 1.42. The van der Waals surface area contributed by atoms with Crippen LogP contribution in [0.3, 0.4) is 0 Å². The van der Waals surface area contributed by atoms with E-state index in [9.17, 15) is 14.7 Å². The van der Waals surface area contributed by atoms with E-state index in [0.29, 0.717) is 37.7 Å². The zero-order chi connectivity index (χ0) is 25.3. The molecule has 1 fully saturated rings. The number of nitrogens with zero attached hydrogens (tertiary/aromatic N) is 3. The topological polar surface area (TPSA) is 73.3 Å². The van der Waals surface area contributed by atoms with Crippen LogP contribution >= 0.6 is 0 Å². The number of fused-ring (bicyclic) bond motifs is 1. The Morgan fingerprint density at radius 1 is 1.11 bits per heavy atom. The Bertz CT molecular complexity index is 1050. The van der Waals surface area contributed by atoms with Crippen molar-refractivity contribution in [2.45, 2.75) is 65.6 Å². The van der Waals surface area contributed by atoms with Crippen LogP contribution in [-0.2, 0) is 22.6 Å². The number of hydrogen-bond donors (Lipinski definition) is 1. The van der Waals surface area contributed by atoms with Gasteiger partial charge in [0.05, 0.1) is 7.11 Å². The van der Waals surface area contributed by atoms with Gasteiger partial charge in [0.25, 0.3) is 5.91 Å². The molecule has 1 atom stereocenters. The maximum Gasteiger partial charge on any atom is 0.254 e. The van der Waals surface area contributed by atoms with E-state index >= 15 is 0 Å². The van der Waals surface area contributed by atoms with Gasteiger partial charge in [-0.15, -0.1) is 0 Å². The average molecular weight is 482 g/mol. The zero-order valence-electron chi connectivity index (χ0n) is 21.8. The highest BCUT2D eigenvalue weighted by molar-refractivity contribution is 5.96. The SMILES string of the molecule is COC1=C(O)C(C)CC(CCC(C)(C)N2Cc3cccc(C(=O)N4CCN(C(C)=O)CC4)c3C2)=C1. The first kappa shape index (κ1) is 25.3. The minimum absolute atomic E-state index is 0.0486. The second-order valence-corrected chi connectivity index (χ2v) is 10.8. The van der Waals surface area contributed by atoms with Crippen molar-refractivity contribution in [2.75, 3.05) is 33.3 Å². The van der Waals surface area contributed by atoms with Gasteiger partial charge in [-0.05, 0) is 56.4 Å². The van der Waals surface area contributed by atoms with E-state index in [2.05, 4.69) is 24.8 Å². The molecule has 0 aromatic heterocycles. The average Bonchev–Trinajstić information content (AvgIpc) is 3.30. The summed E-state index contributed by atoms with van der Waals surface area (Å²) in [6.07, 6.45) is 4.77. The lowest BCUT2D eigenvalue weighted by Crippen LogP contribution is -2.50. The number of carbonyl (C=O) groups excluding carboxylic acids is 2. The quantitative estimate of drug-likeness (QED) is 0.658. The first-order valence-corrected chi connectivity index (χ1v) is 12.7. The molecule has 7 heteroatoms. The van der Waals surface area contributed by atoms with Gasteiger partial charge in [0, 0.05) is 63.2 Å². The fraction of sp³-hybridized carbons (Fsp3) is 0.571. The molecular formula is C28H39N3O4. The van der Waals surface area contributed by atoms with Crippen molar-refractivity contribution in [3.63, 3.8) is 0 Å². The molecule has 35 heavy (non-hydrogen) atoms. The molecule has 0 radical (unpaired) electrons. The molecule has 2 aliphatic heterocycles. The Labute approximate surface area is 209 Å². The molecule has 1 aromatic rings. The van der Waals surface area contributed by atoms with Crippen LogP contribution in [0.15, 0.2) is 41.4 Å². The van der Waals surface area contributed by atoms with E-state index < -0.39 is 0 Å². The van der Waals surface area contributed by atoms with Crippen molar-refractivity contribution in [3.8, 4) is 0 Å². The van der Waals surface area contributed by atoms with Crippen molar-refractivity contribution < 1.29 is 19.4 Å².